The zero-order valence-electron chi connectivity index (χ0n) is 10.2. The van der Waals surface area contributed by atoms with Gasteiger partial charge in [-0.2, -0.15) is 8.42 Å². The van der Waals surface area contributed by atoms with E-state index < -0.39 is 10.0 Å². The Hall–Kier alpha value is -1.07. The summed E-state index contributed by atoms with van der Waals surface area (Å²) >= 11 is 5.92. The molecule has 4 nitrogen and oxygen atoms in total. The molecule has 0 radical (unpaired) electrons. The van der Waals surface area contributed by atoms with Crippen LogP contribution in [0.5, 0.6) is 0 Å². The second kappa shape index (κ2) is 5.06. The highest BCUT2D eigenvalue weighted by Crippen LogP contribution is 2.24. The van der Waals surface area contributed by atoms with Crippen molar-refractivity contribution in [2.75, 3.05) is 14.1 Å². The van der Waals surface area contributed by atoms with Gasteiger partial charge in [0, 0.05) is 19.1 Å². The van der Waals surface area contributed by atoms with Crippen molar-refractivity contribution in [3.63, 3.8) is 0 Å². The van der Waals surface area contributed by atoms with Gasteiger partial charge in [0.2, 0.25) is 0 Å². The number of benzene rings is 1. The Morgan fingerprint density at radius 1 is 1.24 bits per heavy atom. The number of nitrogens with zero attached hydrogens (tertiary/aromatic N) is 2. The number of halogens is 1. The Morgan fingerprint density at radius 2 is 1.82 bits per heavy atom. The molecule has 94 valence electrons. The number of hydrogen-bond acceptors (Lipinski definition) is 2. The van der Waals surface area contributed by atoms with E-state index in [0.29, 0.717) is 10.6 Å². The van der Waals surface area contributed by atoms with Gasteiger partial charge in [0.05, 0.1) is 4.90 Å². The molecule has 1 aromatic rings. The zero-order chi connectivity index (χ0) is 13.2. The smallest absolute Gasteiger partial charge is 0.283 e. The topological polar surface area (TPSA) is 49.7 Å². The second-order valence-electron chi connectivity index (χ2n) is 4.03. The fourth-order valence-electron chi connectivity index (χ4n) is 1.25. The molecule has 0 aliphatic heterocycles. The summed E-state index contributed by atoms with van der Waals surface area (Å²) in [4.78, 5) is 1.76. The molecule has 0 saturated heterocycles. The van der Waals surface area contributed by atoms with Crippen molar-refractivity contribution in [3.8, 4) is 0 Å². The van der Waals surface area contributed by atoms with Crippen LogP contribution in [0, 0.1) is 13.8 Å². The number of aryl methyl sites for hydroxylation is 2. The first kappa shape index (κ1) is 14.0. The zero-order valence-corrected chi connectivity index (χ0v) is 11.8. The van der Waals surface area contributed by atoms with Gasteiger partial charge in [-0.15, -0.1) is 4.40 Å². The van der Waals surface area contributed by atoms with Crippen molar-refractivity contribution in [1.29, 1.82) is 0 Å². The van der Waals surface area contributed by atoms with Crippen LogP contribution in [0.2, 0.25) is 5.02 Å². The molecule has 0 heterocycles. The van der Waals surface area contributed by atoms with Crippen LogP contribution in [-0.4, -0.2) is 33.8 Å². The van der Waals surface area contributed by atoms with Crippen LogP contribution in [0.25, 0.3) is 0 Å². The van der Waals surface area contributed by atoms with E-state index in [0.717, 1.165) is 5.56 Å². The molecule has 0 saturated carbocycles. The quantitative estimate of drug-likeness (QED) is 0.627. The molecule has 0 aliphatic carbocycles. The van der Waals surface area contributed by atoms with Crippen molar-refractivity contribution in [2.24, 2.45) is 4.40 Å². The summed E-state index contributed by atoms with van der Waals surface area (Å²) in [6, 6.07) is 3.18. The highest BCUT2D eigenvalue weighted by atomic mass is 35.5. The average Bonchev–Trinajstić information content (AvgIpc) is 2.20. The van der Waals surface area contributed by atoms with Crippen molar-refractivity contribution in [1.82, 2.24) is 4.90 Å². The standard InChI is InChI=1S/C11H15ClN2O2S/c1-8-6-11(9(2)5-10(8)12)17(15,16)13-7-14(3)4/h5-7H,1-4H3/b13-7+. The molecule has 6 heteroatoms. The van der Waals surface area contributed by atoms with Gasteiger partial charge in [-0.3, -0.25) is 0 Å². The van der Waals surface area contributed by atoms with Crippen LogP contribution in [0.15, 0.2) is 21.4 Å². The SMILES string of the molecule is Cc1cc(S(=O)(=O)/N=C/N(C)C)c(C)cc1Cl. The third-order valence-corrected chi connectivity index (χ3v) is 3.93. The summed E-state index contributed by atoms with van der Waals surface area (Å²) in [6.07, 6.45) is 1.26. The van der Waals surface area contributed by atoms with Gasteiger partial charge in [-0.25, -0.2) is 0 Å². The Balaban J connectivity index is 3.30. The van der Waals surface area contributed by atoms with Gasteiger partial charge < -0.3 is 4.90 Å². The van der Waals surface area contributed by atoms with E-state index in [9.17, 15) is 8.42 Å². The molecule has 0 aromatic heterocycles. The lowest BCUT2D eigenvalue weighted by Crippen LogP contribution is -2.10. The molecular formula is C11H15ClN2O2S. The molecule has 0 fully saturated rings. The third-order valence-electron chi connectivity index (χ3n) is 2.15. The first-order valence-electron chi connectivity index (χ1n) is 4.97. The van der Waals surface area contributed by atoms with Gasteiger partial charge in [-0.1, -0.05) is 11.6 Å². The molecule has 0 atom stereocenters. The van der Waals surface area contributed by atoms with Crippen LogP contribution in [0.4, 0.5) is 0 Å². The summed E-state index contributed by atoms with van der Waals surface area (Å²) in [5.74, 6) is 0. The first-order chi connectivity index (χ1) is 7.74. The van der Waals surface area contributed by atoms with Crippen LogP contribution in [-0.2, 0) is 10.0 Å². The van der Waals surface area contributed by atoms with Gasteiger partial charge in [-0.05, 0) is 37.1 Å². The molecule has 1 rings (SSSR count). The fraction of sp³-hybridized carbons (Fsp3) is 0.364. The molecule has 0 N–H and O–H groups in total. The molecule has 0 spiro atoms. The maximum absolute atomic E-state index is 12.0. The minimum absolute atomic E-state index is 0.192. The third kappa shape index (κ3) is 3.44. The monoisotopic (exact) mass is 274 g/mol. The maximum Gasteiger partial charge on any atom is 0.283 e. The number of hydrogen-bond donors (Lipinski definition) is 0. The Bertz CT molecular complexity index is 551. The lowest BCUT2D eigenvalue weighted by atomic mass is 10.2. The Morgan fingerprint density at radius 3 is 2.35 bits per heavy atom. The van der Waals surface area contributed by atoms with Crippen molar-refractivity contribution >= 4 is 28.0 Å². The second-order valence-corrected chi connectivity index (χ2v) is 6.03. The molecule has 17 heavy (non-hydrogen) atoms. The number of sulfonamides is 1. The summed E-state index contributed by atoms with van der Waals surface area (Å²) < 4.78 is 27.5. The van der Waals surface area contributed by atoms with Crippen LogP contribution < -0.4 is 0 Å². The van der Waals surface area contributed by atoms with E-state index >= 15 is 0 Å². The minimum atomic E-state index is -3.66. The van der Waals surface area contributed by atoms with E-state index in [1.54, 1.807) is 45.0 Å². The van der Waals surface area contributed by atoms with Crippen molar-refractivity contribution in [3.05, 3.63) is 28.3 Å². The predicted octanol–water partition coefficient (Wildman–Crippen LogP) is 2.24. The molecule has 1 aromatic carbocycles. The molecule has 0 bridgehead atoms. The lowest BCUT2D eigenvalue weighted by Gasteiger charge is -2.08. The lowest BCUT2D eigenvalue weighted by molar-refractivity contribution is 0.594. The van der Waals surface area contributed by atoms with Gasteiger partial charge in [0.1, 0.15) is 6.34 Å². The van der Waals surface area contributed by atoms with E-state index in [1.807, 2.05) is 0 Å². The summed E-state index contributed by atoms with van der Waals surface area (Å²) in [6.45, 7) is 3.46. The van der Waals surface area contributed by atoms with Crippen LogP contribution in [0.1, 0.15) is 11.1 Å². The summed E-state index contributed by atoms with van der Waals surface area (Å²) in [7, 11) is -0.241. The summed E-state index contributed by atoms with van der Waals surface area (Å²) in [5.41, 5.74) is 1.31. The van der Waals surface area contributed by atoms with Gasteiger partial charge in [0.25, 0.3) is 10.0 Å². The number of rotatable bonds is 3. The fourth-order valence-corrected chi connectivity index (χ4v) is 2.68. The van der Waals surface area contributed by atoms with Crippen molar-refractivity contribution in [2.45, 2.75) is 18.7 Å². The highest BCUT2D eigenvalue weighted by molar-refractivity contribution is 7.90. The maximum atomic E-state index is 12.0. The van der Waals surface area contributed by atoms with E-state index in [2.05, 4.69) is 4.40 Å². The normalized spacial score (nSPS) is 12.1. The minimum Gasteiger partial charge on any atom is -0.368 e. The van der Waals surface area contributed by atoms with Crippen LogP contribution in [0.3, 0.4) is 0 Å². The van der Waals surface area contributed by atoms with Crippen molar-refractivity contribution < 1.29 is 8.42 Å². The molecule has 0 unspecified atom stereocenters. The van der Waals surface area contributed by atoms with E-state index in [4.69, 9.17) is 11.6 Å². The summed E-state index contributed by atoms with van der Waals surface area (Å²) in [5, 5.41) is 0.554. The molecule has 0 amide bonds. The van der Waals surface area contributed by atoms with E-state index in [1.165, 1.54) is 6.34 Å². The Kier molecular flexibility index (Phi) is 4.16. The van der Waals surface area contributed by atoms with E-state index in [-0.39, 0.29) is 4.90 Å². The highest BCUT2D eigenvalue weighted by Gasteiger charge is 2.16. The largest absolute Gasteiger partial charge is 0.368 e. The van der Waals surface area contributed by atoms with Gasteiger partial charge >= 0.3 is 0 Å². The Labute approximate surface area is 107 Å². The first-order valence-corrected chi connectivity index (χ1v) is 6.79. The van der Waals surface area contributed by atoms with Gasteiger partial charge in [0.15, 0.2) is 0 Å². The average molecular weight is 275 g/mol. The molecular weight excluding hydrogens is 260 g/mol. The predicted molar refractivity (Wildman–Crippen MR) is 70.3 cm³/mol. The van der Waals surface area contributed by atoms with Crippen LogP contribution >= 0.6 is 11.6 Å². The molecule has 0 aliphatic rings.